The zero-order valence-electron chi connectivity index (χ0n) is 11.2. The minimum absolute atomic E-state index is 0.0225. The number of nitrogens with two attached hydrogens (primary N) is 1. The average molecular weight is 248 g/mol. The lowest BCUT2D eigenvalue weighted by Crippen LogP contribution is -2.42. The molecule has 0 spiro atoms. The number of likely N-dealkylation sites (tertiary alicyclic amines) is 1. The number of ether oxygens (including phenoxy) is 1. The SMILES string of the molecule is COc1cc(N)ccc1C(=O)N1CCCC1(C)C. The van der Waals surface area contributed by atoms with Crippen LogP contribution in [0.4, 0.5) is 5.69 Å². The predicted molar refractivity (Wildman–Crippen MR) is 71.8 cm³/mol. The summed E-state index contributed by atoms with van der Waals surface area (Å²) in [6.07, 6.45) is 2.09. The fraction of sp³-hybridized carbons (Fsp3) is 0.500. The molecule has 2 rings (SSSR count). The molecule has 1 amide bonds. The molecule has 1 saturated heterocycles. The average Bonchev–Trinajstić information content (AvgIpc) is 2.68. The summed E-state index contributed by atoms with van der Waals surface area (Å²) in [4.78, 5) is 14.5. The maximum atomic E-state index is 12.6. The third kappa shape index (κ3) is 2.15. The van der Waals surface area contributed by atoms with Crippen LogP contribution in [-0.4, -0.2) is 30.0 Å². The first-order valence-electron chi connectivity index (χ1n) is 6.21. The quantitative estimate of drug-likeness (QED) is 0.817. The molecule has 4 heteroatoms. The van der Waals surface area contributed by atoms with Crippen molar-refractivity contribution in [3.05, 3.63) is 23.8 Å². The minimum atomic E-state index is -0.0799. The lowest BCUT2D eigenvalue weighted by atomic mass is 10.0. The van der Waals surface area contributed by atoms with Crippen molar-refractivity contribution in [2.45, 2.75) is 32.2 Å². The fourth-order valence-corrected chi connectivity index (χ4v) is 2.51. The number of nitrogen functional groups attached to an aromatic ring is 1. The number of nitrogens with zero attached hydrogens (tertiary/aromatic N) is 1. The van der Waals surface area contributed by atoms with Gasteiger partial charge in [0.15, 0.2) is 0 Å². The van der Waals surface area contributed by atoms with Crippen molar-refractivity contribution in [2.75, 3.05) is 19.4 Å². The molecule has 1 aromatic carbocycles. The second-order valence-corrected chi connectivity index (χ2v) is 5.33. The Morgan fingerprint density at radius 1 is 1.44 bits per heavy atom. The van der Waals surface area contributed by atoms with E-state index in [1.165, 1.54) is 0 Å². The van der Waals surface area contributed by atoms with Crippen molar-refractivity contribution in [1.82, 2.24) is 4.90 Å². The van der Waals surface area contributed by atoms with Gasteiger partial charge in [0.1, 0.15) is 5.75 Å². The molecule has 0 aliphatic carbocycles. The van der Waals surface area contributed by atoms with Crippen LogP contribution in [0.1, 0.15) is 37.0 Å². The smallest absolute Gasteiger partial charge is 0.258 e. The van der Waals surface area contributed by atoms with E-state index in [2.05, 4.69) is 13.8 Å². The highest BCUT2D eigenvalue weighted by atomic mass is 16.5. The number of benzene rings is 1. The Labute approximate surface area is 108 Å². The van der Waals surface area contributed by atoms with Gasteiger partial charge in [0.2, 0.25) is 0 Å². The molecule has 0 aromatic heterocycles. The number of anilines is 1. The van der Waals surface area contributed by atoms with Gasteiger partial charge < -0.3 is 15.4 Å². The Morgan fingerprint density at radius 3 is 2.72 bits per heavy atom. The van der Waals surface area contributed by atoms with E-state index in [0.717, 1.165) is 19.4 Å². The first kappa shape index (κ1) is 12.7. The number of rotatable bonds is 2. The molecule has 1 heterocycles. The summed E-state index contributed by atoms with van der Waals surface area (Å²) >= 11 is 0. The Morgan fingerprint density at radius 2 is 2.17 bits per heavy atom. The number of carbonyl (C=O) groups is 1. The first-order chi connectivity index (χ1) is 8.45. The van der Waals surface area contributed by atoms with E-state index in [0.29, 0.717) is 17.0 Å². The van der Waals surface area contributed by atoms with Gasteiger partial charge in [0.05, 0.1) is 12.7 Å². The topological polar surface area (TPSA) is 55.6 Å². The highest BCUT2D eigenvalue weighted by Crippen LogP contribution is 2.32. The van der Waals surface area contributed by atoms with Crippen LogP contribution >= 0.6 is 0 Å². The lowest BCUT2D eigenvalue weighted by molar-refractivity contribution is 0.0648. The van der Waals surface area contributed by atoms with Gasteiger partial charge in [-0.05, 0) is 38.8 Å². The minimum Gasteiger partial charge on any atom is -0.496 e. The van der Waals surface area contributed by atoms with Gasteiger partial charge in [0, 0.05) is 23.8 Å². The number of hydrogen-bond donors (Lipinski definition) is 1. The molecule has 1 aliphatic heterocycles. The summed E-state index contributed by atoms with van der Waals surface area (Å²) in [6, 6.07) is 5.17. The molecular weight excluding hydrogens is 228 g/mol. The third-order valence-electron chi connectivity index (χ3n) is 3.60. The van der Waals surface area contributed by atoms with Crippen LogP contribution in [0.2, 0.25) is 0 Å². The van der Waals surface area contributed by atoms with E-state index in [4.69, 9.17) is 10.5 Å². The maximum Gasteiger partial charge on any atom is 0.258 e. The second kappa shape index (κ2) is 4.52. The standard InChI is InChI=1S/C14H20N2O2/c1-14(2)7-4-8-16(14)13(17)11-6-5-10(15)9-12(11)18-3/h5-6,9H,4,7-8,15H2,1-3H3. The van der Waals surface area contributed by atoms with Crippen molar-refractivity contribution < 1.29 is 9.53 Å². The van der Waals surface area contributed by atoms with Gasteiger partial charge in [0.25, 0.3) is 5.91 Å². The van der Waals surface area contributed by atoms with Crippen molar-refractivity contribution in [2.24, 2.45) is 0 Å². The maximum absolute atomic E-state index is 12.6. The van der Waals surface area contributed by atoms with Gasteiger partial charge in [-0.3, -0.25) is 4.79 Å². The molecule has 98 valence electrons. The summed E-state index contributed by atoms with van der Waals surface area (Å²) in [5.74, 6) is 0.567. The fourth-order valence-electron chi connectivity index (χ4n) is 2.51. The van der Waals surface area contributed by atoms with Gasteiger partial charge >= 0.3 is 0 Å². The van der Waals surface area contributed by atoms with Gasteiger partial charge in [-0.25, -0.2) is 0 Å². The number of methoxy groups -OCH3 is 1. The Hall–Kier alpha value is -1.71. The van der Waals surface area contributed by atoms with Crippen molar-refractivity contribution in [3.63, 3.8) is 0 Å². The molecule has 2 N–H and O–H groups in total. The van der Waals surface area contributed by atoms with Crippen molar-refractivity contribution in [1.29, 1.82) is 0 Å². The second-order valence-electron chi connectivity index (χ2n) is 5.33. The van der Waals surface area contributed by atoms with E-state index < -0.39 is 0 Å². The van der Waals surface area contributed by atoms with Crippen LogP contribution in [0.3, 0.4) is 0 Å². The molecule has 18 heavy (non-hydrogen) atoms. The molecular formula is C14H20N2O2. The van der Waals surface area contributed by atoms with Crippen LogP contribution in [0.25, 0.3) is 0 Å². The summed E-state index contributed by atoms with van der Waals surface area (Å²) in [7, 11) is 1.56. The predicted octanol–water partition coefficient (Wildman–Crippen LogP) is 2.29. The van der Waals surface area contributed by atoms with Gasteiger partial charge in [-0.15, -0.1) is 0 Å². The summed E-state index contributed by atoms with van der Waals surface area (Å²) in [5, 5.41) is 0. The van der Waals surface area contributed by atoms with Crippen LogP contribution in [0.5, 0.6) is 5.75 Å². The Balaban J connectivity index is 2.34. The van der Waals surface area contributed by atoms with Crippen LogP contribution in [-0.2, 0) is 0 Å². The third-order valence-corrected chi connectivity index (χ3v) is 3.60. The van der Waals surface area contributed by atoms with E-state index in [1.54, 1.807) is 25.3 Å². The van der Waals surface area contributed by atoms with Crippen LogP contribution in [0, 0.1) is 0 Å². The summed E-state index contributed by atoms with van der Waals surface area (Å²) < 4.78 is 5.25. The zero-order chi connectivity index (χ0) is 13.3. The molecule has 0 unspecified atom stereocenters. The number of hydrogen-bond acceptors (Lipinski definition) is 3. The van der Waals surface area contributed by atoms with Crippen molar-refractivity contribution >= 4 is 11.6 Å². The monoisotopic (exact) mass is 248 g/mol. The Bertz CT molecular complexity index is 469. The van der Waals surface area contributed by atoms with Crippen molar-refractivity contribution in [3.8, 4) is 5.75 Å². The normalized spacial score (nSPS) is 17.8. The van der Waals surface area contributed by atoms with Gasteiger partial charge in [-0.1, -0.05) is 0 Å². The molecule has 0 radical (unpaired) electrons. The molecule has 1 aromatic rings. The molecule has 0 atom stereocenters. The largest absolute Gasteiger partial charge is 0.496 e. The first-order valence-corrected chi connectivity index (χ1v) is 6.21. The Kier molecular flexibility index (Phi) is 3.20. The molecule has 4 nitrogen and oxygen atoms in total. The summed E-state index contributed by atoms with van der Waals surface area (Å²) in [6.45, 7) is 5.00. The number of carbonyl (C=O) groups excluding carboxylic acids is 1. The molecule has 1 fully saturated rings. The van der Waals surface area contributed by atoms with E-state index in [9.17, 15) is 4.79 Å². The number of amides is 1. The summed E-state index contributed by atoms with van der Waals surface area (Å²) in [5.41, 5.74) is 6.81. The highest BCUT2D eigenvalue weighted by Gasteiger charge is 2.36. The highest BCUT2D eigenvalue weighted by molar-refractivity contribution is 5.98. The van der Waals surface area contributed by atoms with E-state index >= 15 is 0 Å². The van der Waals surface area contributed by atoms with Crippen LogP contribution in [0.15, 0.2) is 18.2 Å². The molecule has 1 aliphatic rings. The molecule has 0 saturated carbocycles. The van der Waals surface area contributed by atoms with Gasteiger partial charge in [-0.2, -0.15) is 0 Å². The van der Waals surface area contributed by atoms with Crippen LogP contribution < -0.4 is 10.5 Å². The zero-order valence-corrected chi connectivity index (χ0v) is 11.2. The lowest BCUT2D eigenvalue weighted by Gasteiger charge is -2.32. The molecule has 0 bridgehead atoms. The van der Waals surface area contributed by atoms with E-state index in [1.807, 2.05) is 4.90 Å². The van der Waals surface area contributed by atoms with E-state index in [-0.39, 0.29) is 11.4 Å².